The minimum absolute atomic E-state index is 0.0469. The van der Waals surface area contributed by atoms with Crippen molar-refractivity contribution in [3.63, 3.8) is 0 Å². The summed E-state index contributed by atoms with van der Waals surface area (Å²) in [6, 6.07) is 0. The van der Waals surface area contributed by atoms with Crippen molar-refractivity contribution in [3.05, 3.63) is 15.4 Å². The summed E-state index contributed by atoms with van der Waals surface area (Å²) in [7, 11) is -4.29. The van der Waals surface area contributed by atoms with Gasteiger partial charge >= 0.3 is 11.0 Å². The van der Waals surface area contributed by atoms with Crippen molar-refractivity contribution in [2.45, 2.75) is 24.2 Å². The Balaban J connectivity index is 3.19. The Hall–Kier alpha value is -0.870. The number of aryl methyl sites for hydroxylation is 1. The van der Waals surface area contributed by atoms with E-state index in [0.717, 1.165) is 0 Å². The molecule has 0 spiro atoms. The summed E-state index contributed by atoms with van der Waals surface area (Å²) in [5, 5.41) is 0. The second kappa shape index (κ2) is 5.02. The van der Waals surface area contributed by atoms with Crippen molar-refractivity contribution in [3.8, 4) is 0 Å². The Morgan fingerprint density at radius 2 is 1.94 bits per heavy atom. The number of thiazole rings is 1. The Labute approximate surface area is 105 Å². The number of aromatic amines is 1. The molecule has 1 heterocycles. The summed E-state index contributed by atoms with van der Waals surface area (Å²) >= 11 is 0.383. The molecular weight excluding hydrogens is 293 g/mol. The maximum Gasteiger partial charge on any atom is 0.402 e. The van der Waals surface area contributed by atoms with Gasteiger partial charge in [0, 0.05) is 12.2 Å². The molecule has 1 rings (SSSR count). The van der Waals surface area contributed by atoms with Crippen LogP contribution in [0, 0.1) is 6.92 Å². The molecule has 0 aliphatic heterocycles. The summed E-state index contributed by atoms with van der Waals surface area (Å²) in [5.74, 6) is 0. The lowest BCUT2D eigenvalue weighted by Gasteiger charge is -2.21. The van der Waals surface area contributed by atoms with E-state index in [-0.39, 0.29) is 16.4 Å². The van der Waals surface area contributed by atoms with Gasteiger partial charge in [-0.15, -0.1) is 0 Å². The lowest BCUT2D eigenvalue weighted by Crippen LogP contribution is -2.38. The number of nitrogens with one attached hydrogen (secondary N) is 1. The van der Waals surface area contributed by atoms with Gasteiger partial charge in [0.25, 0.3) is 10.0 Å². The molecule has 0 atom stereocenters. The van der Waals surface area contributed by atoms with Crippen LogP contribution in [0.1, 0.15) is 12.6 Å². The number of hydrogen-bond acceptors (Lipinski definition) is 4. The standard InChI is InChI=1S/C8H11F3N2O3S2/c1-3-13(4-8(9,10)11)18(15,16)6-5(2)12-7(14)17-6/h3-4H2,1-2H3,(H,12,14). The van der Waals surface area contributed by atoms with Crippen molar-refractivity contribution >= 4 is 21.4 Å². The number of H-pyrrole nitrogens is 1. The second-order valence-corrected chi connectivity index (χ2v) is 6.59. The molecule has 0 aliphatic rings. The molecule has 0 unspecified atom stereocenters. The molecular formula is C8H11F3N2O3S2. The number of aromatic nitrogens is 1. The fourth-order valence-corrected chi connectivity index (χ4v) is 4.19. The smallest absolute Gasteiger partial charge is 0.315 e. The molecule has 5 nitrogen and oxygen atoms in total. The van der Waals surface area contributed by atoms with E-state index in [1.54, 1.807) is 0 Å². The lowest BCUT2D eigenvalue weighted by molar-refractivity contribution is -0.135. The Bertz CT molecular complexity index is 573. The minimum atomic E-state index is -4.63. The summed E-state index contributed by atoms with van der Waals surface area (Å²) in [6.45, 7) is 0.727. The average molecular weight is 304 g/mol. The third-order valence-electron chi connectivity index (χ3n) is 2.06. The normalized spacial score (nSPS) is 13.2. The van der Waals surface area contributed by atoms with Crippen LogP contribution in [0.4, 0.5) is 13.2 Å². The molecule has 104 valence electrons. The van der Waals surface area contributed by atoms with E-state index in [1.165, 1.54) is 13.8 Å². The molecule has 0 aliphatic carbocycles. The van der Waals surface area contributed by atoms with Crippen molar-refractivity contribution < 1.29 is 21.6 Å². The molecule has 0 fully saturated rings. The van der Waals surface area contributed by atoms with E-state index >= 15 is 0 Å². The van der Waals surface area contributed by atoms with E-state index in [4.69, 9.17) is 0 Å². The van der Waals surface area contributed by atoms with Crippen molar-refractivity contribution in [2.24, 2.45) is 0 Å². The van der Waals surface area contributed by atoms with Gasteiger partial charge in [0.15, 0.2) is 4.21 Å². The summed E-state index contributed by atoms with van der Waals surface area (Å²) in [4.78, 5) is 12.6. The fourth-order valence-electron chi connectivity index (χ4n) is 1.32. The van der Waals surface area contributed by atoms with Crippen LogP contribution in [-0.4, -0.2) is 37.0 Å². The summed E-state index contributed by atoms with van der Waals surface area (Å²) in [6.07, 6.45) is -4.63. The minimum Gasteiger partial charge on any atom is -0.315 e. The molecule has 0 radical (unpaired) electrons. The molecule has 18 heavy (non-hydrogen) atoms. The van der Waals surface area contributed by atoms with E-state index in [0.29, 0.717) is 15.6 Å². The number of alkyl halides is 3. The Morgan fingerprint density at radius 1 is 1.39 bits per heavy atom. The Kier molecular flexibility index (Phi) is 4.23. The van der Waals surface area contributed by atoms with Gasteiger partial charge in [0.05, 0.1) is 0 Å². The van der Waals surface area contributed by atoms with Crippen molar-refractivity contribution in [1.29, 1.82) is 0 Å². The van der Waals surface area contributed by atoms with Gasteiger partial charge < -0.3 is 4.98 Å². The molecule has 0 amide bonds. The van der Waals surface area contributed by atoms with Crippen molar-refractivity contribution in [2.75, 3.05) is 13.1 Å². The first-order valence-electron chi connectivity index (χ1n) is 4.84. The van der Waals surface area contributed by atoms with Crippen LogP contribution >= 0.6 is 11.3 Å². The van der Waals surface area contributed by atoms with E-state index in [9.17, 15) is 26.4 Å². The third kappa shape index (κ3) is 3.33. The number of rotatable bonds is 4. The quantitative estimate of drug-likeness (QED) is 0.912. The predicted octanol–water partition coefficient (Wildman–Crippen LogP) is 1.32. The molecule has 0 saturated carbocycles. The topological polar surface area (TPSA) is 70.2 Å². The van der Waals surface area contributed by atoms with Crippen LogP contribution < -0.4 is 4.87 Å². The highest BCUT2D eigenvalue weighted by atomic mass is 32.2. The maximum absolute atomic E-state index is 12.3. The lowest BCUT2D eigenvalue weighted by atomic mass is 10.6. The van der Waals surface area contributed by atoms with Crippen LogP contribution in [0.5, 0.6) is 0 Å². The monoisotopic (exact) mass is 304 g/mol. The predicted molar refractivity (Wildman–Crippen MR) is 60.2 cm³/mol. The van der Waals surface area contributed by atoms with Gasteiger partial charge in [-0.3, -0.25) is 4.79 Å². The highest BCUT2D eigenvalue weighted by Gasteiger charge is 2.37. The zero-order valence-electron chi connectivity index (χ0n) is 9.54. The van der Waals surface area contributed by atoms with Crippen LogP contribution in [0.15, 0.2) is 9.00 Å². The number of hydrogen-bond donors (Lipinski definition) is 1. The first-order chi connectivity index (χ1) is 8.08. The SMILES string of the molecule is CCN(CC(F)(F)F)S(=O)(=O)c1sc(=O)[nH]c1C. The van der Waals surface area contributed by atoms with Crippen LogP contribution in [-0.2, 0) is 10.0 Å². The van der Waals surface area contributed by atoms with E-state index < -0.39 is 27.6 Å². The van der Waals surface area contributed by atoms with Crippen LogP contribution in [0.2, 0.25) is 0 Å². The van der Waals surface area contributed by atoms with Crippen LogP contribution in [0.3, 0.4) is 0 Å². The number of sulfonamides is 1. The van der Waals surface area contributed by atoms with Gasteiger partial charge in [0.1, 0.15) is 6.54 Å². The van der Waals surface area contributed by atoms with E-state index in [1.807, 2.05) is 0 Å². The first-order valence-corrected chi connectivity index (χ1v) is 7.10. The highest BCUT2D eigenvalue weighted by Crippen LogP contribution is 2.25. The molecule has 0 saturated heterocycles. The highest BCUT2D eigenvalue weighted by molar-refractivity contribution is 7.91. The molecule has 1 aromatic rings. The van der Waals surface area contributed by atoms with Gasteiger partial charge in [-0.25, -0.2) is 8.42 Å². The largest absolute Gasteiger partial charge is 0.402 e. The van der Waals surface area contributed by atoms with Gasteiger partial charge in [0.2, 0.25) is 0 Å². The molecule has 1 N–H and O–H groups in total. The van der Waals surface area contributed by atoms with Crippen LogP contribution in [0.25, 0.3) is 0 Å². The number of halogens is 3. The molecule has 0 aromatic carbocycles. The first kappa shape index (κ1) is 15.2. The third-order valence-corrected chi connectivity index (χ3v) is 5.57. The Morgan fingerprint density at radius 3 is 2.28 bits per heavy atom. The number of nitrogens with zero attached hydrogens (tertiary/aromatic N) is 1. The average Bonchev–Trinajstić information content (AvgIpc) is 2.53. The summed E-state index contributed by atoms with van der Waals surface area (Å²) in [5.41, 5.74) is 0.0469. The zero-order valence-corrected chi connectivity index (χ0v) is 11.2. The van der Waals surface area contributed by atoms with Gasteiger partial charge in [-0.05, 0) is 6.92 Å². The maximum atomic E-state index is 12.3. The zero-order chi connectivity index (χ0) is 14.1. The molecule has 10 heteroatoms. The van der Waals surface area contributed by atoms with Crippen molar-refractivity contribution in [1.82, 2.24) is 9.29 Å². The second-order valence-electron chi connectivity index (χ2n) is 3.47. The van der Waals surface area contributed by atoms with E-state index in [2.05, 4.69) is 4.98 Å². The fraction of sp³-hybridized carbons (Fsp3) is 0.625. The van der Waals surface area contributed by atoms with Gasteiger partial charge in [-0.1, -0.05) is 18.3 Å². The van der Waals surface area contributed by atoms with Gasteiger partial charge in [-0.2, -0.15) is 17.5 Å². The molecule has 0 bridgehead atoms. The summed E-state index contributed by atoms with van der Waals surface area (Å²) < 4.78 is 60.6. The molecule has 1 aromatic heterocycles.